The maximum atomic E-state index is 13.8. The number of nitrogens with zero attached hydrogens (tertiary/aromatic N) is 1. The number of nitrogens with one attached hydrogen (secondary N) is 1. The van der Waals surface area contributed by atoms with E-state index < -0.39 is 0 Å². The molecule has 0 saturated carbocycles. The molecule has 28 heavy (non-hydrogen) atoms. The Morgan fingerprint density at radius 3 is 2.57 bits per heavy atom. The third kappa shape index (κ3) is 5.83. The van der Waals surface area contributed by atoms with Crippen molar-refractivity contribution in [1.29, 1.82) is 0 Å². The van der Waals surface area contributed by atoms with Gasteiger partial charge in [-0.05, 0) is 35.4 Å². The van der Waals surface area contributed by atoms with E-state index in [1.807, 2.05) is 30.5 Å². The lowest BCUT2D eigenvalue weighted by Gasteiger charge is -2.15. The van der Waals surface area contributed by atoms with Gasteiger partial charge in [0.15, 0.2) is 11.5 Å². The highest BCUT2D eigenvalue weighted by Crippen LogP contribution is 2.37. The molecule has 3 rings (SSSR count). The van der Waals surface area contributed by atoms with Crippen LogP contribution in [0.1, 0.15) is 16.7 Å². The first-order valence-electron chi connectivity index (χ1n) is 8.49. The molecule has 2 aromatic carbocycles. The smallest absolute Gasteiger partial charge is 0.180 e. The average Bonchev–Trinajstić information content (AvgIpc) is 2.69. The second-order valence-corrected chi connectivity index (χ2v) is 6.36. The van der Waals surface area contributed by atoms with E-state index in [1.54, 1.807) is 31.5 Å². The van der Waals surface area contributed by atoms with Crippen LogP contribution in [0.4, 0.5) is 4.39 Å². The van der Waals surface area contributed by atoms with Crippen molar-refractivity contribution in [3.05, 3.63) is 88.5 Å². The summed E-state index contributed by atoms with van der Waals surface area (Å²) < 4.78 is 24.9. The Labute approximate surface area is 175 Å². The van der Waals surface area contributed by atoms with Crippen molar-refractivity contribution in [2.24, 2.45) is 0 Å². The lowest BCUT2D eigenvalue weighted by Crippen LogP contribution is -2.13. The van der Waals surface area contributed by atoms with Crippen LogP contribution in [0.5, 0.6) is 11.5 Å². The first-order valence-corrected chi connectivity index (χ1v) is 8.87. The van der Waals surface area contributed by atoms with Crippen LogP contribution in [0.3, 0.4) is 0 Å². The zero-order valence-corrected chi connectivity index (χ0v) is 16.9. The Hall–Kier alpha value is -2.34. The first kappa shape index (κ1) is 22.0. The Balaban J connectivity index is 0.00000280. The molecule has 0 unspecified atom stereocenters. The van der Waals surface area contributed by atoms with Gasteiger partial charge in [-0.2, -0.15) is 0 Å². The molecule has 1 heterocycles. The largest absolute Gasteiger partial charge is 0.493 e. The summed E-state index contributed by atoms with van der Waals surface area (Å²) in [7, 11) is 1.55. The molecule has 1 N–H and O–H groups in total. The van der Waals surface area contributed by atoms with E-state index in [9.17, 15) is 4.39 Å². The van der Waals surface area contributed by atoms with Gasteiger partial charge in [-0.3, -0.25) is 4.98 Å². The fraction of sp³-hybridized carbons (Fsp3) is 0.190. The molecule has 0 aliphatic carbocycles. The Kier molecular flexibility index (Phi) is 8.51. The van der Waals surface area contributed by atoms with E-state index >= 15 is 0 Å². The van der Waals surface area contributed by atoms with Crippen LogP contribution >= 0.6 is 24.0 Å². The van der Waals surface area contributed by atoms with Crippen molar-refractivity contribution in [2.45, 2.75) is 19.7 Å². The molecule has 4 nitrogen and oxygen atoms in total. The summed E-state index contributed by atoms with van der Waals surface area (Å²) >= 11 is 6.38. The van der Waals surface area contributed by atoms with E-state index in [-0.39, 0.29) is 24.8 Å². The highest BCUT2D eigenvalue weighted by atomic mass is 35.5. The molecule has 0 saturated heterocycles. The van der Waals surface area contributed by atoms with Gasteiger partial charge in [0.1, 0.15) is 12.4 Å². The summed E-state index contributed by atoms with van der Waals surface area (Å²) in [5.41, 5.74) is 2.51. The van der Waals surface area contributed by atoms with E-state index in [0.717, 1.165) is 11.1 Å². The van der Waals surface area contributed by atoms with Crippen LogP contribution < -0.4 is 14.8 Å². The first-order chi connectivity index (χ1) is 13.2. The minimum absolute atomic E-state index is 0. The molecular weight excluding hydrogens is 402 g/mol. The van der Waals surface area contributed by atoms with Crippen LogP contribution in [-0.4, -0.2) is 12.1 Å². The summed E-state index contributed by atoms with van der Waals surface area (Å²) in [5, 5.41) is 3.76. The minimum atomic E-state index is -0.316. The number of rotatable bonds is 8. The molecule has 0 spiro atoms. The van der Waals surface area contributed by atoms with Gasteiger partial charge >= 0.3 is 0 Å². The highest BCUT2D eigenvalue weighted by molar-refractivity contribution is 6.32. The summed E-state index contributed by atoms with van der Waals surface area (Å²) in [6.45, 7) is 1.37. The maximum Gasteiger partial charge on any atom is 0.180 e. The van der Waals surface area contributed by atoms with E-state index in [1.165, 1.54) is 6.07 Å². The van der Waals surface area contributed by atoms with Gasteiger partial charge in [-0.25, -0.2) is 4.39 Å². The summed E-state index contributed by atoms with van der Waals surface area (Å²) in [5.74, 6) is 0.597. The van der Waals surface area contributed by atoms with Crippen LogP contribution in [0.15, 0.2) is 60.9 Å². The zero-order valence-electron chi connectivity index (χ0n) is 15.3. The molecule has 0 radical (unpaired) electrons. The third-order valence-electron chi connectivity index (χ3n) is 4.00. The van der Waals surface area contributed by atoms with E-state index in [0.29, 0.717) is 35.2 Å². The van der Waals surface area contributed by atoms with E-state index in [4.69, 9.17) is 21.1 Å². The molecule has 0 fully saturated rings. The Bertz CT molecular complexity index is 895. The van der Waals surface area contributed by atoms with Crippen molar-refractivity contribution in [3.63, 3.8) is 0 Å². The maximum absolute atomic E-state index is 13.8. The van der Waals surface area contributed by atoms with Crippen LogP contribution in [0.25, 0.3) is 0 Å². The van der Waals surface area contributed by atoms with Crippen LogP contribution in [0, 0.1) is 5.82 Å². The number of aromatic nitrogens is 1. The van der Waals surface area contributed by atoms with Gasteiger partial charge < -0.3 is 14.8 Å². The number of ether oxygens (including phenoxy) is 2. The average molecular weight is 423 g/mol. The monoisotopic (exact) mass is 422 g/mol. The van der Waals surface area contributed by atoms with Gasteiger partial charge in [0.25, 0.3) is 0 Å². The van der Waals surface area contributed by atoms with E-state index in [2.05, 4.69) is 10.3 Å². The zero-order chi connectivity index (χ0) is 19.1. The molecule has 0 aliphatic heterocycles. The van der Waals surface area contributed by atoms with Crippen molar-refractivity contribution in [2.75, 3.05) is 7.11 Å². The Morgan fingerprint density at radius 2 is 1.86 bits per heavy atom. The molecule has 1 aromatic heterocycles. The molecule has 7 heteroatoms. The second-order valence-electron chi connectivity index (χ2n) is 5.95. The fourth-order valence-corrected chi connectivity index (χ4v) is 2.92. The van der Waals surface area contributed by atoms with Gasteiger partial charge in [0.2, 0.25) is 0 Å². The number of hydrogen-bond donors (Lipinski definition) is 1. The predicted molar refractivity (Wildman–Crippen MR) is 111 cm³/mol. The standard InChI is InChI=1S/C21H20ClFN2O2.ClH/c1-26-20-10-16(13-25-12-15-5-4-8-24-11-15)9-18(22)21(20)27-14-17-6-2-3-7-19(17)23;/h2-11,25H,12-14H2,1H3;1H. The molecule has 3 aromatic rings. The number of methoxy groups -OCH3 is 1. The lowest BCUT2D eigenvalue weighted by atomic mass is 10.2. The summed E-state index contributed by atoms with van der Waals surface area (Å²) in [6.07, 6.45) is 3.56. The van der Waals surface area contributed by atoms with Crippen LogP contribution in [-0.2, 0) is 19.7 Å². The highest BCUT2D eigenvalue weighted by Gasteiger charge is 2.13. The van der Waals surface area contributed by atoms with Gasteiger partial charge in [0, 0.05) is 31.0 Å². The Morgan fingerprint density at radius 1 is 1.07 bits per heavy atom. The third-order valence-corrected chi connectivity index (χ3v) is 4.28. The molecule has 0 atom stereocenters. The summed E-state index contributed by atoms with van der Waals surface area (Å²) in [6, 6.07) is 14.1. The van der Waals surface area contributed by atoms with Crippen molar-refractivity contribution < 1.29 is 13.9 Å². The molecular formula is C21H21Cl2FN2O2. The van der Waals surface area contributed by atoms with Crippen molar-refractivity contribution in [3.8, 4) is 11.5 Å². The van der Waals surface area contributed by atoms with Gasteiger partial charge in [-0.15, -0.1) is 12.4 Å². The second kappa shape index (κ2) is 10.9. The van der Waals surface area contributed by atoms with Crippen LogP contribution in [0.2, 0.25) is 5.02 Å². The summed E-state index contributed by atoms with van der Waals surface area (Å²) in [4.78, 5) is 4.09. The number of benzene rings is 2. The lowest BCUT2D eigenvalue weighted by molar-refractivity contribution is 0.279. The van der Waals surface area contributed by atoms with Crippen molar-refractivity contribution in [1.82, 2.24) is 10.3 Å². The topological polar surface area (TPSA) is 43.4 Å². The fourth-order valence-electron chi connectivity index (χ4n) is 2.63. The minimum Gasteiger partial charge on any atom is -0.493 e. The molecule has 148 valence electrons. The normalized spacial score (nSPS) is 10.2. The molecule has 0 bridgehead atoms. The molecule has 0 amide bonds. The quantitative estimate of drug-likeness (QED) is 0.543. The van der Waals surface area contributed by atoms with Gasteiger partial charge in [0.05, 0.1) is 12.1 Å². The SMILES string of the molecule is COc1cc(CNCc2cccnc2)cc(Cl)c1OCc1ccccc1F.Cl. The van der Waals surface area contributed by atoms with Gasteiger partial charge in [-0.1, -0.05) is 35.9 Å². The van der Waals surface area contributed by atoms with Crippen molar-refractivity contribution >= 4 is 24.0 Å². The molecule has 0 aliphatic rings. The predicted octanol–water partition coefficient (Wildman–Crippen LogP) is 5.17. The number of pyridine rings is 1. The number of halogens is 3. The number of hydrogen-bond acceptors (Lipinski definition) is 4.